The fraction of sp³-hybridized carbons (Fsp3) is 0.286. The highest BCUT2D eigenvalue weighted by Crippen LogP contribution is 2.27. The van der Waals surface area contributed by atoms with Crippen LogP contribution in [0.15, 0.2) is 36.7 Å². The van der Waals surface area contributed by atoms with Crippen LogP contribution in [0.5, 0.6) is 5.75 Å². The van der Waals surface area contributed by atoms with Crippen LogP contribution >= 0.6 is 0 Å². The lowest BCUT2D eigenvalue weighted by Gasteiger charge is -2.09. The van der Waals surface area contributed by atoms with Crippen LogP contribution in [-0.4, -0.2) is 26.2 Å². The molecule has 3 aromatic rings. The maximum atomic E-state index is 12.7. The molecule has 1 aromatic carbocycles. The molecule has 0 unspecified atom stereocenters. The summed E-state index contributed by atoms with van der Waals surface area (Å²) in [4.78, 5) is 32.2. The van der Waals surface area contributed by atoms with Gasteiger partial charge in [0.05, 0.1) is 0 Å². The van der Waals surface area contributed by atoms with Crippen LogP contribution in [0.3, 0.4) is 0 Å². The average Bonchev–Trinajstić information content (AvgIpc) is 3.25. The van der Waals surface area contributed by atoms with Crippen molar-refractivity contribution in [2.45, 2.75) is 32.8 Å². The summed E-state index contributed by atoms with van der Waals surface area (Å²) in [6, 6.07) is 7.17. The fourth-order valence-electron chi connectivity index (χ4n) is 3.51. The molecule has 1 aliphatic rings. The number of imidazole rings is 1. The molecule has 0 atom stereocenters. The number of Topliss-reactive ketones (excluding diaryl/α,β-unsaturated/α-hetero) is 1. The van der Waals surface area contributed by atoms with E-state index in [0.717, 1.165) is 29.9 Å². The molecule has 4 rings (SSSR count). The van der Waals surface area contributed by atoms with Gasteiger partial charge in [0.2, 0.25) is 0 Å². The summed E-state index contributed by atoms with van der Waals surface area (Å²) in [7, 11) is 1.92. The number of ether oxygens (including phenoxy) is 1. The van der Waals surface area contributed by atoms with Gasteiger partial charge < -0.3 is 19.6 Å². The predicted molar refractivity (Wildman–Crippen MR) is 105 cm³/mol. The molecule has 2 heterocycles. The molecule has 0 saturated heterocycles. The quantitative estimate of drug-likeness (QED) is 0.712. The van der Waals surface area contributed by atoms with E-state index < -0.39 is 0 Å². The lowest BCUT2D eigenvalue weighted by atomic mass is 9.94. The summed E-state index contributed by atoms with van der Waals surface area (Å²) in [5, 5.41) is 2.88. The van der Waals surface area contributed by atoms with Gasteiger partial charge in [-0.1, -0.05) is 0 Å². The Balaban J connectivity index is 1.42. The van der Waals surface area contributed by atoms with E-state index in [1.165, 1.54) is 0 Å². The van der Waals surface area contributed by atoms with Crippen molar-refractivity contribution in [2.75, 3.05) is 5.32 Å². The largest absolute Gasteiger partial charge is 0.486 e. The van der Waals surface area contributed by atoms with Gasteiger partial charge in [0.25, 0.3) is 5.91 Å². The average molecular weight is 378 g/mol. The van der Waals surface area contributed by atoms with Gasteiger partial charge in [-0.05, 0) is 49.6 Å². The van der Waals surface area contributed by atoms with E-state index in [4.69, 9.17) is 4.74 Å². The maximum absolute atomic E-state index is 12.7. The number of nitrogens with zero attached hydrogens (tertiary/aromatic N) is 2. The van der Waals surface area contributed by atoms with Crippen LogP contribution in [0.2, 0.25) is 0 Å². The third kappa shape index (κ3) is 3.43. The van der Waals surface area contributed by atoms with Gasteiger partial charge in [-0.25, -0.2) is 4.98 Å². The second-order valence-corrected chi connectivity index (χ2v) is 6.98. The zero-order valence-electron chi connectivity index (χ0n) is 15.9. The van der Waals surface area contributed by atoms with E-state index in [1.807, 2.05) is 24.7 Å². The number of ketones is 1. The number of hydrogen-bond acceptors (Lipinski definition) is 4. The van der Waals surface area contributed by atoms with Crippen molar-refractivity contribution in [3.05, 3.63) is 65.0 Å². The molecule has 2 N–H and O–H groups in total. The van der Waals surface area contributed by atoms with Crippen molar-refractivity contribution in [3.63, 3.8) is 0 Å². The minimum absolute atomic E-state index is 0.114. The number of aromatic amines is 1. The van der Waals surface area contributed by atoms with Gasteiger partial charge in [0.15, 0.2) is 5.78 Å². The van der Waals surface area contributed by atoms with E-state index in [2.05, 4.69) is 15.3 Å². The monoisotopic (exact) mass is 378 g/mol. The molecule has 0 aliphatic heterocycles. The molecule has 28 heavy (non-hydrogen) atoms. The number of aromatic nitrogens is 3. The number of anilines is 1. The van der Waals surface area contributed by atoms with Crippen LogP contribution in [0.1, 0.15) is 50.8 Å². The fourth-order valence-corrected chi connectivity index (χ4v) is 3.51. The van der Waals surface area contributed by atoms with Crippen LogP contribution in [0, 0.1) is 6.92 Å². The summed E-state index contributed by atoms with van der Waals surface area (Å²) in [5.41, 5.74) is 3.40. The first-order valence-corrected chi connectivity index (χ1v) is 9.28. The highest BCUT2D eigenvalue weighted by Gasteiger charge is 2.26. The summed E-state index contributed by atoms with van der Waals surface area (Å²) in [6.45, 7) is 2.19. The standard InChI is InChI=1S/C21H22N4O3/c1-13-19-16(4-3-5-17(19)26)24-20(13)21(27)23-14-6-8-15(9-7-14)28-12-18-22-10-11-25(18)2/h6-11,24H,3-5,12H2,1-2H3,(H,23,27). The summed E-state index contributed by atoms with van der Waals surface area (Å²) < 4.78 is 7.62. The van der Waals surface area contributed by atoms with Crippen LogP contribution in [-0.2, 0) is 20.1 Å². The smallest absolute Gasteiger partial charge is 0.272 e. The summed E-state index contributed by atoms with van der Waals surface area (Å²) in [6.07, 6.45) is 5.77. The number of fused-ring (bicyclic) bond motifs is 1. The van der Waals surface area contributed by atoms with Gasteiger partial charge >= 0.3 is 0 Å². The summed E-state index contributed by atoms with van der Waals surface area (Å²) in [5.74, 6) is 1.39. The van der Waals surface area contributed by atoms with Gasteiger partial charge in [0.1, 0.15) is 23.9 Å². The molecule has 0 saturated carbocycles. The lowest BCUT2D eigenvalue weighted by molar-refractivity contribution is 0.0971. The molecule has 1 amide bonds. The molecule has 0 fully saturated rings. The maximum Gasteiger partial charge on any atom is 0.272 e. The molecule has 7 heteroatoms. The van der Waals surface area contributed by atoms with Crippen LogP contribution in [0.4, 0.5) is 5.69 Å². The van der Waals surface area contributed by atoms with Crippen LogP contribution in [0.25, 0.3) is 0 Å². The van der Waals surface area contributed by atoms with E-state index in [-0.39, 0.29) is 11.7 Å². The molecule has 7 nitrogen and oxygen atoms in total. The molecule has 2 aromatic heterocycles. The SMILES string of the molecule is Cc1c(C(=O)Nc2ccc(OCc3nccn3C)cc2)[nH]c2c1C(=O)CCC2. The van der Waals surface area contributed by atoms with Crippen molar-refractivity contribution in [1.29, 1.82) is 0 Å². The first kappa shape index (κ1) is 18.0. The molecule has 0 bridgehead atoms. The van der Waals surface area contributed by atoms with E-state index in [1.54, 1.807) is 30.5 Å². The Morgan fingerprint density at radius 2 is 2.07 bits per heavy atom. The first-order chi connectivity index (χ1) is 13.5. The number of carbonyl (C=O) groups excluding carboxylic acids is 2. The van der Waals surface area contributed by atoms with E-state index >= 15 is 0 Å². The number of H-pyrrole nitrogens is 1. The van der Waals surface area contributed by atoms with E-state index in [9.17, 15) is 9.59 Å². The van der Waals surface area contributed by atoms with Gasteiger partial charge in [-0.2, -0.15) is 0 Å². The highest BCUT2D eigenvalue weighted by molar-refractivity contribution is 6.08. The zero-order chi connectivity index (χ0) is 19.7. The van der Waals surface area contributed by atoms with Gasteiger partial charge in [-0.3, -0.25) is 9.59 Å². The van der Waals surface area contributed by atoms with Crippen molar-refractivity contribution < 1.29 is 14.3 Å². The number of hydrogen-bond donors (Lipinski definition) is 2. The Kier molecular flexibility index (Phi) is 4.73. The number of amides is 1. The number of carbonyl (C=O) groups is 2. The topological polar surface area (TPSA) is 89.0 Å². The van der Waals surface area contributed by atoms with Crippen molar-refractivity contribution in [2.24, 2.45) is 7.05 Å². The van der Waals surface area contributed by atoms with Gasteiger partial charge in [-0.15, -0.1) is 0 Å². The van der Waals surface area contributed by atoms with Crippen molar-refractivity contribution >= 4 is 17.4 Å². The number of benzene rings is 1. The number of rotatable bonds is 5. The Morgan fingerprint density at radius 3 is 2.75 bits per heavy atom. The second kappa shape index (κ2) is 7.34. The lowest BCUT2D eigenvalue weighted by Crippen LogP contribution is -2.14. The first-order valence-electron chi connectivity index (χ1n) is 9.28. The second-order valence-electron chi connectivity index (χ2n) is 6.98. The Morgan fingerprint density at radius 1 is 1.29 bits per heavy atom. The normalized spacial score (nSPS) is 13.3. The predicted octanol–water partition coefficient (Wildman–Crippen LogP) is 3.41. The zero-order valence-corrected chi connectivity index (χ0v) is 15.9. The number of nitrogens with one attached hydrogen (secondary N) is 2. The molecular formula is C21H22N4O3. The number of aryl methyl sites for hydroxylation is 2. The molecule has 0 spiro atoms. The Bertz CT molecular complexity index is 1030. The van der Waals surface area contributed by atoms with Crippen molar-refractivity contribution in [1.82, 2.24) is 14.5 Å². The van der Waals surface area contributed by atoms with E-state index in [0.29, 0.717) is 35.7 Å². The molecule has 144 valence electrons. The molecule has 1 aliphatic carbocycles. The van der Waals surface area contributed by atoms with Crippen LogP contribution < -0.4 is 10.1 Å². The highest BCUT2D eigenvalue weighted by atomic mass is 16.5. The summed E-state index contributed by atoms with van der Waals surface area (Å²) >= 11 is 0. The Labute approximate surface area is 162 Å². The minimum atomic E-state index is -0.249. The third-order valence-corrected chi connectivity index (χ3v) is 5.07. The third-order valence-electron chi connectivity index (χ3n) is 5.07. The molecule has 0 radical (unpaired) electrons. The van der Waals surface area contributed by atoms with Crippen molar-refractivity contribution in [3.8, 4) is 5.75 Å². The van der Waals surface area contributed by atoms with Gasteiger partial charge in [0, 0.05) is 42.8 Å². The minimum Gasteiger partial charge on any atom is -0.486 e. The molecular weight excluding hydrogens is 356 g/mol. The Hall–Kier alpha value is -3.35.